The van der Waals surface area contributed by atoms with E-state index < -0.39 is 5.41 Å². The van der Waals surface area contributed by atoms with E-state index in [1.54, 1.807) is 0 Å². The van der Waals surface area contributed by atoms with E-state index in [-0.39, 0.29) is 11.6 Å². The van der Waals surface area contributed by atoms with Crippen molar-refractivity contribution >= 4 is 11.6 Å². The molecule has 0 saturated heterocycles. The zero-order valence-corrected chi connectivity index (χ0v) is 19.0. The quantitative estimate of drug-likeness (QED) is 0.0995. The molecule has 1 aromatic rings. The molecule has 1 fully saturated rings. The van der Waals surface area contributed by atoms with Gasteiger partial charge in [-0.2, -0.15) is 0 Å². The van der Waals surface area contributed by atoms with E-state index in [4.69, 9.17) is 10.9 Å². The van der Waals surface area contributed by atoms with Crippen LogP contribution in [0.5, 0.6) is 0 Å². The number of nitrogens with two attached hydrogens (primary N) is 1. The largest absolute Gasteiger partial charge is 0.409 e. The Bertz CT molecular complexity index is 648. The van der Waals surface area contributed by atoms with Gasteiger partial charge in [0.2, 0.25) is 0 Å². The normalized spacial score (nSPS) is 15.3. The van der Waals surface area contributed by atoms with E-state index in [1.807, 2.05) is 0 Å². The van der Waals surface area contributed by atoms with Gasteiger partial charge in [0.25, 0.3) is 0 Å². The highest BCUT2D eigenvalue weighted by Gasteiger charge is 2.53. The van der Waals surface area contributed by atoms with Crippen molar-refractivity contribution < 1.29 is 10.0 Å². The zero-order valence-electron chi connectivity index (χ0n) is 19.0. The first-order valence-corrected chi connectivity index (χ1v) is 12.2. The van der Waals surface area contributed by atoms with Crippen molar-refractivity contribution in [1.82, 2.24) is 0 Å². The maximum Gasteiger partial charge on any atom is 0.152 e. The van der Waals surface area contributed by atoms with E-state index in [1.165, 1.54) is 82.6 Å². The molecule has 0 radical (unpaired) electrons. The number of aryl methyl sites for hydroxylation is 1. The molecule has 168 valence electrons. The number of hydrogen-bond acceptors (Lipinski definition) is 3. The first-order valence-electron chi connectivity index (χ1n) is 12.2. The number of carbonyl (C=O) groups excluding carboxylic acids is 1. The highest BCUT2D eigenvalue weighted by Crippen LogP contribution is 2.47. The molecule has 0 amide bonds. The number of nitrogens with zero attached hydrogens (tertiary/aromatic N) is 1. The number of Topliss-reactive ketones (excluding diaryl/α,β-unsaturated/α-hetero) is 1. The van der Waals surface area contributed by atoms with E-state index in [2.05, 4.69) is 36.3 Å². The lowest BCUT2D eigenvalue weighted by molar-refractivity contribution is -0.121. The van der Waals surface area contributed by atoms with Crippen LogP contribution in [0, 0.1) is 5.41 Å². The van der Waals surface area contributed by atoms with Crippen molar-refractivity contribution in [2.45, 2.75) is 110 Å². The third kappa shape index (κ3) is 8.12. The second-order valence-electron chi connectivity index (χ2n) is 9.12. The molecule has 0 aromatic heterocycles. The number of rotatable bonds is 17. The van der Waals surface area contributed by atoms with Gasteiger partial charge in [-0.05, 0) is 36.8 Å². The van der Waals surface area contributed by atoms with E-state index in [0.29, 0.717) is 19.3 Å². The lowest BCUT2D eigenvalue weighted by atomic mass is 9.93. The summed E-state index contributed by atoms with van der Waals surface area (Å²) < 4.78 is 0. The fourth-order valence-corrected chi connectivity index (χ4v) is 4.25. The molecule has 0 bridgehead atoms. The van der Waals surface area contributed by atoms with Crippen LogP contribution in [0.1, 0.15) is 108 Å². The number of carbonyl (C=O) groups is 1. The molecule has 0 aliphatic heterocycles. The molecule has 0 unspecified atom stereocenters. The van der Waals surface area contributed by atoms with Crippen molar-refractivity contribution in [1.29, 1.82) is 0 Å². The van der Waals surface area contributed by atoms with Crippen molar-refractivity contribution in [2.24, 2.45) is 16.3 Å². The predicted molar refractivity (Wildman–Crippen MR) is 125 cm³/mol. The van der Waals surface area contributed by atoms with Crippen LogP contribution in [0.3, 0.4) is 0 Å². The summed E-state index contributed by atoms with van der Waals surface area (Å²) in [7, 11) is 0. The average Bonchev–Trinajstić information content (AvgIpc) is 3.57. The average molecular weight is 415 g/mol. The summed E-state index contributed by atoms with van der Waals surface area (Å²) in [5, 5.41) is 11.9. The van der Waals surface area contributed by atoms with Gasteiger partial charge in [0.15, 0.2) is 11.6 Å². The van der Waals surface area contributed by atoms with Gasteiger partial charge in [0.1, 0.15) is 0 Å². The zero-order chi connectivity index (χ0) is 21.7. The number of unbranched alkanes of at least 4 members (excludes halogenated alkanes) is 11. The minimum atomic E-state index is -0.706. The highest BCUT2D eigenvalue weighted by molar-refractivity contribution is 6.10. The second-order valence-corrected chi connectivity index (χ2v) is 9.12. The molecule has 0 heterocycles. The molecular formula is C26H42N2O2. The lowest BCUT2D eigenvalue weighted by Crippen LogP contribution is -2.33. The lowest BCUT2D eigenvalue weighted by Gasteiger charge is -2.12. The third-order valence-electron chi connectivity index (χ3n) is 6.59. The molecule has 1 aliphatic rings. The summed E-state index contributed by atoms with van der Waals surface area (Å²) in [6.45, 7) is 2.27. The van der Waals surface area contributed by atoms with E-state index in [9.17, 15) is 4.79 Å². The molecule has 0 atom stereocenters. The number of ketones is 1. The molecule has 0 spiro atoms. The summed E-state index contributed by atoms with van der Waals surface area (Å²) in [4.78, 5) is 12.5. The van der Waals surface area contributed by atoms with E-state index in [0.717, 1.165) is 12.0 Å². The number of hydrogen-bond donors (Lipinski definition) is 2. The van der Waals surface area contributed by atoms with Gasteiger partial charge in [-0.15, -0.1) is 0 Å². The van der Waals surface area contributed by atoms with E-state index >= 15 is 0 Å². The van der Waals surface area contributed by atoms with Gasteiger partial charge < -0.3 is 10.9 Å². The van der Waals surface area contributed by atoms with Crippen LogP contribution >= 0.6 is 0 Å². The summed E-state index contributed by atoms with van der Waals surface area (Å²) >= 11 is 0. The van der Waals surface area contributed by atoms with Gasteiger partial charge in [-0.1, -0.05) is 107 Å². The van der Waals surface area contributed by atoms with Crippen LogP contribution < -0.4 is 5.73 Å². The van der Waals surface area contributed by atoms with Gasteiger partial charge >= 0.3 is 0 Å². The van der Waals surface area contributed by atoms with Crippen LogP contribution in [0.25, 0.3) is 0 Å². The molecule has 30 heavy (non-hydrogen) atoms. The molecular weight excluding hydrogens is 372 g/mol. The van der Waals surface area contributed by atoms with Gasteiger partial charge in [0.05, 0.1) is 5.41 Å². The van der Waals surface area contributed by atoms with Crippen molar-refractivity contribution in [3.8, 4) is 0 Å². The monoisotopic (exact) mass is 414 g/mol. The number of benzene rings is 1. The maximum absolute atomic E-state index is 12.5. The predicted octanol–water partition coefficient (Wildman–Crippen LogP) is 6.57. The fourth-order valence-electron chi connectivity index (χ4n) is 4.25. The number of oxime groups is 1. The Kier molecular flexibility index (Phi) is 11.0. The molecule has 4 nitrogen and oxygen atoms in total. The Morgan fingerprint density at radius 2 is 1.33 bits per heavy atom. The van der Waals surface area contributed by atoms with Crippen LogP contribution in [0.4, 0.5) is 0 Å². The van der Waals surface area contributed by atoms with Gasteiger partial charge in [-0.3, -0.25) is 4.79 Å². The third-order valence-corrected chi connectivity index (χ3v) is 6.59. The Hall–Kier alpha value is -1.84. The highest BCUT2D eigenvalue weighted by atomic mass is 16.4. The van der Waals surface area contributed by atoms with Crippen LogP contribution in [0.2, 0.25) is 0 Å². The van der Waals surface area contributed by atoms with Crippen LogP contribution in [-0.2, 0) is 17.6 Å². The summed E-state index contributed by atoms with van der Waals surface area (Å²) in [5.74, 6) is 0.127. The van der Waals surface area contributed by atoms with Gasteiger partial charge in [-0.25, -0.2) is 0 Å². The standard InChI is InChI=1S/C26H42N2O2/c1-2-3-4-5-6-7-8-9-10-11-12-13-14-22-15-17-23(18-16-22)21-24(29)26(19-20-26)25(27)28-30/h15-18,30H,2-14,19-21H2,1H3,(H2,27,28). The van der Waals surface area contributed by atoms with Crippen molar-refractivity contribution in [3.63, 3.8) is 0 Å². The van der Waals surface area contributed by atoms with Crippen molar-refractivity contribution in [3.05, 3.63) is 35.4 Å². The number of amidine groups is 1. The Labute approximate surface area is 183 Å². The topological polar surface area (TPSA) is 75.7 Å². The minimum Gasteiger partial charge on any atom is -0.409 e. The summed E-state index contributed by atoms with van der Waals surface area (Å²) in [5.41, 5.74) is 7.35. The Balaban J connectivity index is 1.53. The Morgan fingerprint density at radius 1 is 0.867 bits per heavy atom. The second kappa shape index (κ2) is 13.5. The smallest absolute Gasteiger partial charge is 0.152 e. The maximum atomic E-state index is 12.5. The summed E-state index contributed by atoms with van der Waals surface area (Å²) in [6, 6.07) is 8.39. The Morgan fingerprint density at radius 3 is 1.80 bits per heavy atom. The molecule has 2 rings (SSSR count). The summed E-state index contributed by atoms with van der Waals surface area (Å²) in [6.07, 6.45) is 19.3. The fraction of sp³-hybridized carbons (Fsp3) is 0.692. The molecule has 3 N–H and O–H groups in total. The molecule has 4 heteroatoms. The molecule has 1 aromatic carbocycles. The first kappa shape index (κ1) is 24.4. The SMILES string of the molecule is CCCCCCCCCCCCCCc1ccc(CC(=O)C2(/C(N)=N/O)CC2)cc1. The molecule has 1 aliphatic carbocycles. The van der Waals surface area contributed by atoms with Crippen LogP contribution in [-0.4, -0.2) is 16.8 Å². The molecule has 1 saturated carbocycles. The van der Waals surface area contributed by atoms with Crippen molar-refractivity contribution in [2.75, 3.05) is 0 Å². The first-order chi connectivity index (χ1) is 14.6. The van der Waals surface area contributed by atoms with Gasteiger partial charge in [0, 0.05) is 6.42 Å². The minimum absolute atomic E-state index is 0.0616. The van der Waals surface area contributed by atoms with Crippen LogP contribution in [0.15, 0.2) is 29.4 Å².